The Balaban J connectivity index is 2.82. The minimum absolute atomic E-state index is 0.0935. The van der Waals surface area contributed by atoms with E-state index in [0.29, 0.717) is 5.56 Å². The Bertz CT molecular complexity index is 328. The van der Waals surface area contributed by atoms with E-state index in [1.807, 2.05) is 0 Å². The van der Waals surface area contributed by atoms with Gasteiger partial charge in [0.25, 0.3) is 0 Å². The maximum absolute atomic E-state index is 12.5. The Morgan fingerprint density at radius 2 is 1.94 bits per heavy atom. The highest BCUT2D eigenvalue weighted by atomic mass is 19.4. The van der Waals surface area contributed by atoms with Gasteiger partial charge in [-0.15, -0.1) is 0 Å². The second-order valence-electron chi connectivity index (χ2n) is 3.82. The number of alkyl halides is 3. The molecule has 0 heterocycles. The van der Waals surface area contributed by atoms with Gasteiger partial charge in [0.15, 0.2) is 0 Å². The number of rotatable bonds is 4. The molecule has 1 aromatic rings. The van der Waals surface area contributed by atoms with E-state index in [2.05, 4.69) is 13.8 Å². The Hall–Kier alpha value is -0.990. The highest BCUT2D eigenvalue weighted by Gasteiger charge is 2.30. The third-order valence-electron chi connectivity index (χ3n) is 2.49. The van der Waals surface area contributed by atoms with Crippen molar-refractivity contribution in [2.24, 2.45) is 0 Å². The minimum atomic E-state index is -4.28. The molecule has 3 heteroatoms. The number of hydrogen-bond donors (Lipinski definition) is 0. The molecule has 0 N–H and O–H groups in total. The van der Waals surface area contributed by atoms with Crippen molar-refractivity contribution in [3.63, 3.8) is 0 Å². The van der Waals surface area contributed by atoms with Gasteiger partial charge in [0.1, 0.15) is 0 Å². The van der Waals surface area contributed by atoms with Gasteiger partial charge in [-0.25, -0.2) is 0 Å². The predicted molar refractivity (Wildman–Crippen MR) is 58.8 cm³/mol. The van der Waals surface area contributed by atoms with Crippen molar-refractivity contribution in [3.8, 4) is 0 Å². The summed E-state index contributed by atoms with van der Waals surface area (Å²) in [6.45, 7) is 7.57. The van der Waals surface area contributed by atoms with Crippen LogP contribution in [0.1, 0.15) is 36.3 Å². The first-order valence-electron chi connectivity index (χ1n) is 5.24. The highest BCUT2D eigenvalue weighted by Crippen LogP contribution is 2.31. The molecule has 1 unspecified atom stereocenters. The van der Waals surface area contributed by atoms with Crippen molar-refractivity contribution in [2.75, 3.05) is 0 Å². The highest BCUT2D eigenvalue weighted by molar-refractivity contribution is 5.28. The first-order valence-corrected chi connectivity index (χ1v) is 5.24. The van der Waals surface area contributed by atoms with Crippen molar-refractivity contribution < 1.29 is 13.2 Å². The third-order valence-corrected chi connectivity index (χ3v) is 2.49. The topological polar surface area (TPSA) is 0 Å². The predicted octanol–water partition coefficient (Wildman–Crippen LogP) is 4.63. The summed E-state index contributed by atoms with van der Waals surface area (Å²) in [6.07, 6.45) is -1.84. The fourth-order valence-corrected chi connectivity index (χ4v) is 1.53. The van der Waals surface area contributed by atoms with Gasteiger partial charge in [0, 0.05) is 0 Å². The number of halogens is 3. The van der Waals surface area contributed by atoms with Crippen LogP contribution in [0.15, 0.2) is 24.3 Å². The maximum atomic E-state index is 12.5. The van der Waals surface area contributed by atoms with E-state index in [9.17, 15) is 13.2 Å². The Kier molecular flexibility index (Phi) is 4.39. The van der Waals surface area contributed by atoms with Crippen molar-refractivity contribution >= 4 is 0 Å². The molecule has 0 fully saturated rings. The van der Waals surface area contributed by atoms with E-state index < -0.39 is 11.7 Å². The molecule has 0 bridgehead atoms. The quantitative estimate of drug-likeness (QED) is 0.705. The molecule has 1 atom stereocenters. The molecule has 1 rings (SSSR count). The Labute approximate surface area is 94.5 Å². The van der Waals surface area contributed by atoms with Crippen LogP contribution in [-0.2, 0) is 6.18 Å². The van der Waals surface area contributed by atoms with Gasteiger partial charge in [-0.3, -0.25) is 0 Å². The van der Waals surface area contributed by atoms with E-state index >= 15 is 0 Å². The molecule has 0 aliphatic rings. The van der Waals surface area contributed by atoms with Gasteiger partial charge in [-0.1, -0.05) is 38.0 Å². The van der Waals surface area contributed by atoms with Gasteiger partial charge < -0.3 is 0 Å². The lowest BCUT2D eigenvalue weighted by molar-refractivity contribution is -0.137. The summed E-state index contributed by atoms with van der Waals surface area (Å²) in [5.74, 6) is -0.0935. The lowest BCUT2D eigenvalue weighted by Gasteiger charge is -2.13. The van der Waals surface area contributed by atoms with Crippen LogP contribution in [0.25, 0.3) is 0 Å². The average molecular weight is 228 g/mol. The zero-order valence-corrected chi connectivity index (χ0v) is 9.06. The molecule has 1 aromatic carbocycles. The molecule has 0 aliphatic carbocycles. The standard InChI is InChI=1S/C13H15F3/c1-3-4-6-10(2)11-7-5-8-12(9-11)13(14,15)16/h5,7-10H,1-4,6H2. The van der Waals surface area contributed by atoms with Crippen LogP contribution in [0.2, 0.25) is 0 Å². The van der Waals surface area contributed by atoms with Crippen LogP contribution in [-0.4, -0.2) is 0 Å². The number of hydrogen-bond acceptors (Lipinski definition) is 0. The molecule has 2 radical (unpaired) electrons. The van der Waals surface area contributed by atoms with Crippen LogP contribution in [0, 0.1) is 13.8 Å². The fraction of sp³-hybridized carbons (Fsp3) is 0.385. The number of unbranched alkanes of at least 4 members (excludes halogenated alkanes) is 1. The largest absolute Gasteiger partial charge is 0.416 e. The molecular weight excluding hydrogens is 213 g/mol. The van der Waals surface area contributed by atoms with Gasteiger partial charge >= 0.3 is 6.18 Å². The fourth-order valence-electron chi connectivity index (χ4n) is 1.53. The summed E-state index contributed by atoms with van der Waals surface area (Å²) in [7, 11) is 0. The lowest BCUT2D eigenvalue weighted by atomic mass is 9.94. The van der Waals surface area contributed by atoms with Gasteiger partial charge in [-0.2, -0.15) is 13.2 Å². The van der Waals surface area contributed by atoms with Gasteiger partial charge in [0.2, 0.25) is 0 Å². The van der Waals surface area contributed by atoms with Crippen molar-refractivity contribution in [3.05, 3.63) is 49.2 Å². The lowest BCUT2D eigenvalue weighted by Crippen LogP contribution is -2.06. The van der Waals surface area contributed by atoms with E-state index in [1.165, 1.54) is 12.1 Å². The Morgan fingerprint density at radius 1 is 1.25 bits per heavy atom. The van der Waals surface area contributed by atoms with Crippen LogP contribution in [0.5, 0.6) is 0 Å². The molecule has 0 aliphatic heterocycles. The van der Waals surface area contributed by atoms with Crippen LogP contribution in [0.4, 0.5) is 13.2 Å². The third kappa shape index (κ3) is 3.54. The van der Waals surface area contributed by atoms with Crippen LogP contribution < -0.4 is 0 Å². The molecule has 0 amide bonds. The van der Waals surface area contributed by atoms with E-state index in [-0.39, 0.29) is 5.92 Å². The summed E-state index contributed by atoms with van der Waals surface area (Å²) in [5, 5.41) is 0. The normalized spacial score (nSPS) is 13.8. The summed E-state index contributed by atoms with van der Waals surface area (Å²) < 4.78 is 37.4. The molecule has 0 spiro atoms. The zero-order chi connectivity index (χ0) is 12.2. The van der Waals surface area contributed by atoms with Gasteiger partial charge in [0.05, 0.1) is 5.56 Å². The second-order valence-corrected chi connectivity index (χ2v) is 3.82. The first-order chi connectivity index (χ1) is 7.45. The average Bonchev–Trinajstić information content (AvgIpc) is 2.25. The molecule has 16 heavy (non-hydrogen) atoms. The van der Waals surface area contributed by atoms with Crippen molar-refractivity contribution in [1.29, 1.82) is 0 Å². The Morgan fingerprint density at radius 3 is 2.50 bits per heavy atom. The maximum Gasteiger partial charge on any atom is 0.416 e. The molecule has 0 aromatic heterocycles. The van der Waals surface area contributed by atoms with E-state index in [1.54, 1.807) is 6.07 Å². The van der Waals surface area contributed by atoms with Crippen molar-refractivity contribution in [1.82, 2.24) is 0 Å². The summed E-state index contributed by atoms with van der Waals surface area (Å²) in [4.78, 5) is 0. The van der Waals surface area contributed by atoms with Crippen LogP contribution >= 0.6 is 0 Å². The second kappa shape index (κ2) is 5.37. The summed E-state index contributed by atoms with van der Waals surface area (Å²) >= 11 is 0. The first kappa shape index (κ1) is 13.1. The molecule has 0 saturated heterocycles. The molecular formula is C13H15F3. The van der Waals surface area contributed by atoms with Crippen LogP contribution in [0.3, 0.4) is 0 Å². The van der Waals surface area contributed by atoms with E-state index in [4.69, 9.17) is 0 Å². The monoisotopic (exact) mass is 228 g/mol. The molecule has 0 saturated carbocycles. The SMILES string of the molecule is [CH2]CCCC([CH2])c1cccc(C(F)(F)F)c1. The molecule has 88 valence electrons. The molecule has 0 nitrogen and oxygen atoms in total. The summed E-state index contributed by atoms with van der Waals surface area (Å²) in [5.41, 5.74) is 0.0385. The smallest absolute Gasteiger partial charge is 0.166 e. The summed E-state index contributed by atoms with van der Waals surface area (Å²) in [6, 6.07) is 5.38. The zero-order valence-electron chi connectivity index (χ0n) is 9.06. The minimum Gasteiger partial charge on any atom is -0.166 e. The number of benzene rings is 1. The van der Waals surface area contributed by atoms with Crippen molar-refractivity contribution in [2.45, 2.75) is 31.4 Å². The van der Waals surface area contributed by atoms with Gasteiger partial charge in [-0.05, 0) is 30.9 Å². The van der Waals surface area contributed by atoms with E-state index in [0.717, 1.165) is 25.3 Å².